The monoisotopic (exact) mass is 669 g/mol. The summed E-state index contributed by atoms with van der Waals surface area (Å²) < 4.78 is 83.2. The topological polar surface area (TPSA) is 100 Å². The van der Waals surface area contributed by atoms with Gasteiger partial charge in [-0.05, 0) is 75.2 Å². The highest BCUT2D eigenvalue weighted by Crippen LogP contribution is 2.50. The third-order valence-corrected chi connectivity index (χ3v) is 8.09. The minimum atomic E-state index is -5.08. The summed E-state index contributed by atoms with van der Waals surface area (Å²) in [6, 6.07) is 9.11. The molecule has 2 aromatic carbocycles. The van der Waals surface area contributed by atoms with E-state index in [4.69, 9.17) is 19.4 Å². The Morgan fingerprint density at radius 1 is 1.02 bits per heavy atom. The molecule has 3 N–H and O–H groups in total. The molecule has 2 fully saturated rings. The second kappa shape index (κ2) is 13.0. The number of ether oxygens (including phenoxy) is 2. The lowest BCUT2D eigenvalue weighted by molar-refractivity contribution is -0.192. The van der Waals surface area contributed by atoms with Gasteiger partial charge in [0.15, 0.2) is 11.5 Å². The van der Waals surface area contributed by atoms with Crippen LogP contribution in [0.5, 0.6) is 11.5 Å². The summed E-state index contributed by atoms with van der Waals surface area (Å²) in [7, 11) is 5.30. The van der Waals surface area contributed by atoms with E-state index in [-0.39, 0.29) is 23.2 Å². The lowest BCUT2D eigenvalue weighted by Crippen LogP contribution is -2.52. The van der Waals surface area contributed by atoms with Crippen LogP contribution in [0.25, 0.3) is 0 Å². The second-order valence-corrected chi connectivity index (χ2v) is 10.9. The summed E-state index contributed by atoms with van der Waals surface area (Å²) in [4.78, 5) is 23.9. The Bertz CT molecular complexity index is 1290. The molecule has 1 aliphatic carbocycles. The Balaban J connectivity index is 0.000000616. The van der Waals surface area contributed by atoms with Crippen LogP contribution in [0, 0.1) is 0 Å². The first kappa shape index (κ1) is 33.3. The molecule has 8 nitrogen and oxygen atoms in total. The van der Waals surface area contributed by atoms with Crippen LogP contribution in [0.4, 0.5) is 36.8 Å². The van der Waals surface area contributed by atoms with Crippen molar-refractivity contribution in [3.63, 3.8) is 0 Å². The zero-order valence-corrected chi connectivity index (χ0v) is 24.4. The van der Waals surface area contributed by atoms with E-state index in [2.05, 4.69) is 44.6 Å². The van der Waals surface area contributed by atoms with Gasteiger partial charge in [-0.25, -0.2) is 9.59 Å². The number of carbonyl (C=O) groups excluding carboxylic acids is 1. The number of fused-ring (bicyclic) bond motifs is 1. The number of hydrogen-bond acceptors (Lipinski definition) is 5. The molecular formula is C27H30BrF6N3O5. The minimum Gasteiger partial charge on any atom is -0.493 e. The summed E-state index contributed by atoms with van der Waals surface area (Å²) in [5.74, 6) is -1.40. The van der Waals surface area contributed by atoms with Crippen molar-refractivity contribution >= 4 is 33.6 Å². The number of anilines is 1. The van der Waals surface area contributed by atoms with Crippen LogP contribution < -0.4 is 20.1 Å². The van der Waals surface area contributed by atoms with Crippen LogP contribution in [0.3, 0.4) is 0 Å². The van der Waals surface area contributed by atoms with Crippen LogP contribution in [0.15, 0.2) is 40.9 Å². The van der Waals surface area contributed by atoms with Crippen molar-refractivity contribution in [1.29, 1.82) is 0 Å². The Labute approximate surface area is 246 Å². The molecule has 0 unspecified atom stereocenters. The number of hydrogen-bond donors (Lipinski definition) is 3. The van der Waals surface area contributed by atoms with Gasteiger partial charge < -0.3 is 30.1 Å². The molecule has 0 radical (unpaired) electrons. The van der Waals surface area contributed by atoms with Crippen molar-refractivity contribution in [2.45, 2.75) is 55.5 Å². The molecule has 0 spiro atoms. The van der Waals surface area contributed by atoms with Gasteiger partial charge in [0.2, 0.25) is 0 Å². The lowest BCUT2D eigenvalue weighted by Gasteiger charge is -2.45. The van der Waals surface area contributed by atoms with Gasteiger partial charge in [0.05, 0.1) is 25.5 Å². The fraction of sp³-hybridized carbons (Fsp3) is 0.481. The number of carboxylic acid groups (broad SMARTS) is 1. The molecule has 1 saturated carbocycles. The van der Waals surface area contributed by atoms with Gasteiger partial charge in [-0.3, -0.25) is 0 Å². The van der Waals surface area contributed by atoms with Crippen LogP contribution in [-0.2, 0) is 16.4 Å². The van der Waals surface area contributed by atoms with Crippen molar-refractivity contribution < 1.29 is 50.5 Å². The van der Waals surface area contributed by atoms with Gasteiger partial charge in [-0.1, -0.05) is 22.0 Å². The first-order valence-corrected chi connectivity index (χ1v) is 13.5. The highest BCUT2D eigenvalue weighted by atomic mass is 79.9. The Morgan fingerprint density at radius 2 is 1.67 bits per heavy atom. The number of methoxy groups -OCH3 is 2. The van der Waals surface area contributed by atoms with Crippen molar-refractivity contribution in [1.82, 2.24) is 10.2 Å². The van der Waals surface area contributed by atoms with Crippen LogP contribution in [0.1, 0.15) is 36.8 Å². The molecule has 42 heavy (non-hydrogen) atoms. The maximum absolute atomic E-state index is 13.4. The predicted molar refractivity (Wildman–Crippen MR) is 145 cm³/mol. The quantitative estimate of drug-likeness (QED) is 0.317. The predicted octanol–water partition coefficient (Wildman–Crippen LogP) is 6.43. The van der Waals surface area contributed by atoms with Gasteiger partial charge in [0.25, 0.3) is 0 Å². The normalized spacial score (nSPS) is 22.3. The Hall–Kier alpha value is -3.20. The maximum atomic E-state index is 13.4. The molecule has 4 rings (SSSR count). The number of urea groups is 1. The average molecular weight is 670 g/mol. The number of carboxylic acids is 1. The van der Waals surface area contributed by atoms with E-state index < -0.39 is 29.9 Å². The number of nitrogens with zero attached hydrogens (tertiary/aromatic N) is 1. The van der Waals surface area contributed by atoms with Crippen molar-refractivity contribution in [3.8, 4) is 11.5 Å². The molecule has 232 valence electrons. The second-order valence-electron chi connectivity index (χ2n) is 10.0. The van der Waals surface area contributed by atoms with Gasteiger partial charge in [0.1, 0.15) is 0 Å². The molecule has 1 heterocycles. The molecule has 2 amide bonds. The summed E-state index contributed by atoms with van der Waals surface area (Å²) in [6.07, 6.45) is -6.42. The fourth-order valence-corrected chi connectivity index (χ4v) is 5.96. The largest absolute Gasteiger partial charge is 0.493 e. The number of amides is 2. The lowest BCUT2D eigenvalue weighted by atomic mass is 9.65. The molecule has 2 aliphatic rings. The minimum absolute atomic E-state index is 0.0852. The first-order valence-electron chi connectivity index (χ1n) is 12.7. The fourth-order valence-electron chi connectivity index (χ4n) is 5.60. The van der Waals surface area contributed by atoms with Crippen molar-refractivity contribution in [2.75, 3.05) is 33.1 Å². The van der Waals surface area contributed by atoms with E-state index >= 15 is 0 Å². The molecule has 0 aromatic heterocycles. The van der Waals surface area contributed by atoms with E-state index in [0.29, 0.717) is 22.4 Å². The molecule has 2 aromatic rings. The van der Waals surface area contributed by atoms with Gasteiger partial charge >= 0.3 is 24.4 Å². The van der Waals surface area contributed by atoms with Gasteiger partial charge in [0, 0.05) is 22.0 Å². The molecule has 1 saturated heterocycles. The zero-order valence-electron chi connectivity index (χ0n) is 22.8. The van der Waals surface area contributed by atoms with Crippen LogP contribution >= 0.6 is 15.9 Å². The van der Waals surface area contributed by atoms with Crippen molar-refractivity contribution in [2.24, 2.45) is 0 Å². The first-order chi connectivity index (χ1) is 19.5. The standard InChI is InChI=1S/C25H29BrF3N3O3.C2HF3O2/c1-32-11-10-24(15-4-7-20(34-2)21(12-15)35-3)9-8-17(14-22(24)32)30-23(33)31-19-6-5-16(26)13-18(19)25(27,28)29;3-2(4,5)1(6)7/h4-7,12-13,17,22H,8-11,14H2,1-3H3,(H2,30,31,33);(H,6,7)/t17-,22+,24+;/m1./s1. The van der Waals surface area contributed by atoms with Crippen LogP contribution in [-0.4, -0.2) is 68.1 Å². The highest BCUT2D eigenvalue weighted by Gasteiger charge is 2.50. The number of halogens is 7. The van der Waals surface area contributed by atoms with E-state index in [1.165, 1.54) is 17.7 Å². The van der Waals surface area contributed by atoms with Crippen molar-refractivity contribution in [3.05, 3.63) is 52.0 Å². The number of benzene rings is 2. The van der Waals surface area contributed by atoms with Crippen LogP contribution in [0.2, 0.25) is 0 Å². The average Bonchev–Trinajstić information content (AvgIpc) is 3.25. The number of nitrogens with one attached hydrogen (secondary N) is 2. The third-order valence-electron chi connectivity index (χ3n) is 7.60. The molecule has 3 atom stereocenters. The Morgan fingerprint density at radius 3 is 2.24 bits per heavy atom. The van der Waals surface area contributed by atoms with E-state index in [1.54, 1.807) is 14.2 Å². The summed E-state index contributed by atoms with van der Waals surface area (Å²) >= 11 is 3.06. The molecule has 15 heteroatoms. The maximum Gasteiger partial charge on any atom is 0.490 e. The third kappa shape index (κ3) is 7.60. The van der Waals surface area contributed by atoms with E-state index in [9.17, 15) is 31.1 Å². The number of carbonyl (C=O) groups is 2. The molecule has 1 aliphatic heterocycles. The summed E-state index contributed by atoms with van der Waals surface area (Å²) in [6.45, 7) is 0.922. The highest BCUT2D eigenvalue weighted by molar-refractivity contribution is 9.10. The molecule has 0 bridgehead atoms. The smallest absolute Gasteiger partial charge is 0.490 e. The number of aliphatic carboxylic acids is 1. The van der Waals surface area contributed by atoms with Gasteiger partial charge in [-0.2, -0.15) is 26.3 Å². The van der Waals surface area contributed by atoms with E-state index in [1.807, 2.05) is 12.1 Å². The zero-order chi connectivity index (χ0) is 31.5. The number of rotatable bonds is 5. The number of likely N-dealkylation sites (tertiary alicyclic amines) is 1. The molecular weight excluding hydrogens is 640 g/mol. The SMILES string of the molecule is COc1ccc([C@@]23CC[C@@H](NC(=O)Nc4ccc(Br)cc4C(F)(F)F)C[C@@H]2N(C)CC3)cc1OC.O=C(O)C(F)(F)F. The van der Waals surface area contributed by atoms with Gasteiger partial charge in [-0.15, -0.1) is 0 Å². The number of likely N-dealkylation sites (N-methyl/N-ethyl adjacent to an activating group) is 1. The summed E-state index contributed by atoms with van der Waals surface area (Å²) in [5, 5.41) is 12.4. The summed E-state index contributed by atoms with van der Waals surface area (Å²) in [5.41, 5.74) is -0.0737. The Kier molecular flexibility index (Phi) is 10.3. The van der Waals surface area contributed by atoms with E-state index in [0.717, 1.165) is 31.9 Å². The number of alkyl halides is 6.